The van der Waals surface area contributed by atoms with E-state index in [4.69, 9.17) is 9.15 Å². The van der Waals surface area contributed by atoms with Crippen LogP contribution in [0.3, 0.4) is 0 Å². The molecular formula is C18H19F2NO4S. The number of furan rings is 1. The van der Waals surface area contributed by atoms with Gasteiger partial charge in [0, 0.05) is 18.4 Å². The zero-order chi connectivity index (χ0) is 18.8. The Hall–Kier alpha value is -2.48. The van der Waals surface area contributed by atoms with Crippen LogP contribution in [0.5, 0.6) is 11.5 Å². The second-order valence-corrected chi connectivity index (χ2v) is 6.15. The van der Waals surface area contributed by atoms with E-state index in [0.717, 1.165) is 17.3 Å². The second kappa shape index (κ2) is 10.5. The first-order valence-electron chi connectivity index (χ1n) is 7.77. The molecular weight excluding hydrogens is 364 g/mol. The Bertz CT molecular complexity index is 720. The minimum atomic E-state index is -2.93. The molecule has 0 fully saturated rings. The molecule has 1 amide bonds. The monoisotopic (exact) mass is 383 g/mol. The fraction of sp³-hybridized carbons (Fsp3) is 0.278. The zero-order valence-corrected chi connectivity index (χ0v) is 14.9. The smallest absolute Gasteiger partial charge is 0.387 e. The third kappa shape index (κ3) is 6.79. The highest BCUT2D eigenvalue weighted by molar-refractivity contribution is 7.98. The molecule has 0 spiro atoms. The average Bonchev–Trinajstić information content (AvgIpc) is 3.13. The summed E-state index contributed by atoms with van der Waals surface area (Å²) in [4.78, 5) is 11.8. The van der Waals surface area contributed by atoms with Crippen LogP contribution in [0.25, 0.3) is 6.08 Å². The molecule has 2 aromatic rings. The van der Waals surface area contributed by atoms with Crippen LogP contribution in [0.2, 0.25) is 0 Å². The van der Waals surface area contributed by atoms with Crippen molar-refractivity contribution in [2.45, 2.75) is 12.4 Å². The molecule has 0 aliphatic rings. The van der Waals surface area contributed by atoms with Gasteiger partial charge in [-0.2, -0.15) is 20.5 Å². The van der Waals surface area contributed by atoms with E-state index in [-0.39, 0.29) is 17.4 Å². The van der Waals surface area contributed by atoms with Gasteiger partial charge in [-0.15, -0.1) is 0 Å². The maximum Gasteiger partial charge on any atom is 0.387 e. The molecule has 0 aliphatic carbocycles. The van der Waals surface area contributed by atoms with Crippen molar-refractivity contribution in [3.8, 4) is 11.5 Å². The van der Waals surface area contributed by atoms with Crippen molar-refractivity contribution in [3.05, 3.63) is 54.0 Å². The van der Waals surface area contributed by atoms with Gasteiger partial charge in [-0.1, -0.05) is 6.07 Å². The molecule has 5 nitrogen and oxygen atoms in total. The first-order valence-corrected chi connectivity index (χ1v) is 8.93. The summed E-state index contributed by atoms with van der Waals surface area (Å²) in [5.41, 5.74) is 0.630. The van der Waals surface area contributed by atoms with E-state index in [0.29, 0.717) is 12.1 Å². The van der Waals surface area contributed by atoms with Crippen molar-refractivity contribution >= 4 is 23.7 Å². The third-order valence-corrected chi connectivity index (χ3v) is 4.18. The number of nitrogens with one attached hydrogen (secondary N) is 1. The molecule has 0 aliphatic heterocycles. The molecule has 0 unspecified atom stereocenters. The number of alkyl halides is 2. The third-order valence-electron chi connectivity index (χ3n) is 3.20. The molecule has 26 heavy (non-hydrogen) atoms. The predicted molar refractivity (Wildman–Crippen MR) is 96.5 cm³/mol. The fourth-order valence-corrected chi connectivity index (χ4v) is 2.78. The molecule has 0 bridgehead atoms. The van der Waals surface area contributed by atoms with Crippen LogP contribution in [-0.2, 0) is 10.5 Å². The van der Waals surface area contributed by atoms with E-state index in [1.807, 2.05) is 12.1 Å². The number of hydrogen-bond donors (Lipinski definition) is 1. The highest BCUT2D eigenvalue weighted by Crippen LogP contribution is 2.29. The minimum Gasteiger partial charge on any atom is -0.493 e. The molecule has 1 aromatic heterocycles. The standard InChI is InChI=1S/C18H19F2NO4S/c1-23-16-11-13(4-6-15(16)25-18(19)20)5-7-17(22)21-8-10-26-12-14-3-2-9-24-14/h2-7,9,11,18H,8,10,12H2,1H3,(H,21,22)/b7-5+. The number of rotatable bonds is 10. The van der Waals surface area contributed by atoms with E-state index in [9.17, 15) is 13.6 Å². The van der Waals surface area contributed by atoms with Gasteiger partial charge in [-0.3, -0.25) is 4.79 Å². The topological polar surface area (TPSA) is 60.7 Å². The quantitative estimate of drug-likeness (QED) is 0.497. The van der Waals surface area contributed by atoms with Gasteiger partial charge >= 0.3 is 6.61 Å². The molecule has 8 heteroatoms. The largest absolute Gasteiger partial charge is 0.493 e. The average molecular weight is 383 g/mol. The Labute approximate surface area is 154 Å². The van der Waals surface area contributed by atoms with Crippen LogP contribution >= 0.6 is 11.8 Å². The zero-order valence-electron chi connectivity index (χ0n) is 14.1. The number of amides is 1. The molecule has 0 saturated carbocycles. The summed E-state index contributed by atoms with van der Waals surface area (Å²) in [5, 5.41) is 2.77. The normalized spacial score (nSPS) is 11.1. The van der Waals surface area contributed by atoms with Gasteiger partial charge < -0.3 is 19.2 Å². The first kappa shape index (κ1) is 19.8. The second-order valence-electron chi connectivity index (χ2n) is 5.05. The summed E-state index contributed by atoms with van der Waals surface area (Å²) in [6.45, 7) is -2.40. The Morgan fingerprint density at radius 1 is 1.35 bits per heavy atom. The number of methoxy groups -OCH3 is 1. The Morgan fingerprint density at radius 2 is 2.19 bits per heavy atom. The van der Waals surface area contributed by atoms with Crippen molar-refractivity contribution in [1.82, 2.24) is 5.32 Å². The SMILES string of the molecule is COc1cc(/C=C/C(=O)NCCSCc2ccco2)ccc1OC(F)F. The van der Waals surface area contributed by atoms with Crippen LogP contribution in [0.4, 0.5) is 8.78 Å². The Kier molecular flexibility index (Phi) is 8.01. The van der Waals surface area contributed by atoms with Gasteiger partial charge in [0.1, 0.15) is 5.76 Å². The van der Waals surface area contributed by atoms with E-state index in [2.05, 4.69) is 10.1 Å². The summed E-state index contributed by atoms with van der Waals surface area (Å²) in [7, 11) is 1.36. The fourth-order valence-electron chi connectivity index (χ4n) is 2.03. The number of carbonyl (C=O) groups excluding carboxylic acids is 1. The van der Waals surface area contributed by atoms with Crippen LogP contribution in [-0.4, -0.2) is 31.9 Å². The molecule has 140 valence electrons. The van der Waals surface area contributed by atoms with Crippen LogP contribution in [0, 0.1) is 0 Å². The summed E-state index contributed by atoms with van der Waals surface area (Å²) < 4.78 is 39.2. The number of hydrogen-bond acceptors (Lipinski definition) is 5. The summed E-state index contributed by atoms with van der Waals surface area (Å²) in [6, 6.07) is 8.18. The van der Waals surface area contributed by atoms with Gasteiger partial charge in [-0.25, -0.2) is 0 Å². The van der Waals surface area contributed by atoms with Crippen molar-refractivity contribution < 1.29 is 27.5 Å². The number of ether oxygens (including phenoxy) is 2. The Morgan fingerprint density at radius 3 is 2.88 bits per heavy atom. The first-order chi connectivity index (χ1) is 12.6. The van der Waals surface area contributed by atoms with E-state index < -0.39 is 6.61 Å². The van der Waals surface area contributed by atoms with Crippen molar-refractivity contribution in [1.29, 1.82) is 0 Å². The number of halogens is 2. The van der Waals surface area contributed by atoms with Crippen LogP contribution in [0.1, 0.15) is 11.3 Å². The molecule has 1 N–H and O–H groups in total. The van der Waals surface area contributed by atoms with Crippen molar-refractivity contribution in [2.24, 2.45) is 0 Å². The highest BCUT2D eigenvalue weighted by Gasteiger charge is 2.10. The lowest BCUT2D eigenvalue weighted by molar-refractivity contribution is -0.116. The highest BCUT2D eigenvalue weighted by atomic mass is 32.2. The molecule has 0 radical (unpaired) electrons. The van der Waals surface area contributed by atoms with Gasteiger partial charge in [0.25, 0.3) is 0 Å². The summed E-state index contributed by atoms with van der Waals surface area (Å²) in [5.74, 6) is 2.28. The van der Waals surface area contributed by atoms with Gasteiger partial charge in [-0.05, 0) is 35.9 Å². The van der Waals surface area contributed by atoms with Gasteiger partial charge in [0.05, 0.1) is 19.1 Å². The number of carbonyl (C=O) groups is 1. The minimum absolute atomic E-state index is 0.0577. The maximum absolute atomic E-state index is 12.3. The predicted octanol–water partition coefficient (Wildman–Crippen LogP) is 3.95. The van der Waals surface area contributed by atoms with Crippen LogP contribution in [0.15, 0.2) is 47.1 Å². The Balaban J connectivity index is 1.76. The van der Waals surface area contributed by atoms with Crippen LogP contribution < -0.4 is 14.8 Å². The number of thioether (sulfide) groups is 1. The van der Waals surface area contributed by atoms with E-state index >= 15 is 0 Å². The van der Waals surface area contributed by atoms with Gasteiger partial charge in [0.2, 0.25) is 5.91 Å². The summed E-state index contributed by atoms with van der Waals surface area (Å²) in [6.07, 6.45) is 4.57. The molecule has 1 aromatic carbocycles. The number of benzene rings is 1. The molecule has 1 heterocycles. The van der Waals surface area contributed by atoms with Crippen molar-refractivity contribution in [2.75, 3.05) is 19.4 Å². The molecule has 0 saturated heterocycles. The lowest BCUT2D eigenvalue weighted by Gasteiger charge is -2.10. The molecule has 0 atom stereocenters. The lowest BCUT2D eigenvalue weighted by atomic mass is 10.2. The lowest BCUT2D eigenvalue weighted by Crippen LogP contribution is -2.23. The van der Waals surface area contributed by atoms with E-state index in [1.54, 1.807) is 30.2 Å². The summed E-state index contributed by atoms with van der Waals surface area (Å²) >= 11 is 1.65. The van der Waals surface area contributed by atoms with E-state index in [1.165, 1.54) is 25.3 Å². The molecule has 2 rings (SSSR count). The maximum atomic E-state index is 12.3. The van der Waals surface area contributed by atoms with Gasteiger partial charge in [0.15, 0.2) is 11.5 Å². The van der Waals surface area contributed by atoms with Crippen molar-refractivity contribution in [3.63, 3.8) is 0 Å².